The first-order chi connectivity index (χ1) is 9.81. The first-order valence-corrected chi connectivity index (χ1v) is 6.70. The van der Waals surface area contributed by atoms with Crippen molar-refractivity contribution in [2.75, 3.05) is 19.9 Å². The van der Waals surface area contributed by atoms with Gasteiger partial charge in [0, 0.05) is 25.7 Å². The van der Waals surface area contributed by atoms with Crippen LogP contribution in [0, 0.1) is 0 Å². The molecule has 0 saturated carbocycles. The van der Waals surface area contributed by atoms with E-state index in [0.29, 0.717) is 19.1 Å². The first kappa shape index (κ1) is 13.0. The molecule has 2 aliphatic rings. The van der Waals surface area contributed by atoms with Crippen molar-refractivity contribution in [3.8, 4) is 11.5 Å². The number of amides is 2. The second kappa shape index (κ2) is 5.98. The van der Waals surface area contributed by atoms with Gasteiger partial charge in [-0.1, -0.05) is 6.07 Å². The van der Waals surface area contributed by atoms with E-state index in [0.717, 1.165) is 30.0 Å². The highest BCUT2D eigenvalue weighted by molar-refractivity contribution is 5.73. The summed E-state index contributed by atoms with van der Waals surface area (Å²) in [5, 5.41) is 5.66. The van der Waals surface area contributed by atoms with Crippen LogP contribution in [0.15, 0.2) is 18.2 Å². The largest absolute Gasteiger partial charge is 0.454 e. The van der Waals surface area contributed by atoms with E-state index < -0.39 is 0 Å². The van der Waals surface area contributed by atoms with Gasteiger partial charge in [0.25, 0.3) is 0 Å². The molecular formula is C13H18N4O3. The molecular weight excluding hydrogens is 260 g/mol. The molecule has 0 spiro atoms. The molecule has 7 nitrogen and oxygen atoms in total. The van der Waals surface area contributed by atoms with Gasteiger partial charge in [0.1, 0.15) is 0 Å². The number of urea groups is 1. The molecule has 0 bridgehead atoms. The summed E-state index contributed by atoms with van der Waals surface area (Å²) in [4.78, 5) is 11.7. The maximum Gasteiger partial charge on any atom is 0.315 e. The SMILES string of the molecule is O=C(NCc1ccc2c(c1)OCO2)NCC1CCNN1. The zero-order chi connectivity index (χ0) is 13.8. The van der Waals surface area contributed by atoms with Crippen molar-refractivity contribution in [1.29, 1.82) is 0 Å². The number of hydrogen-bond acceptors (Lipinski definition) is 5. The minimum Gasteiger partial charge on any atom is -0.454 e. The van der Waals surface area contributed by atoms with E-state index in [9.17, 15) is 4.79 Å². The number of carbonyl (C=O) groups excluding carboxylic acids is 1. The molecule has 1 aromatic rings. The lowest BCUT2D eigenvalue weighted by atomic mass is 10.2. The Morgan fingerprint density at radius 1 is 1.30 bits per heavy atom. The highest BCUT2D eigenvalue weighted by Gasteiger charge is 2.15. The zero-order valence-electron chi connectivity index (χ0n) is 11.1. The van der Waals surface area contributed by atoms with E-state index in [2.05, 4.69) is 21.5 Å². The molecule has 1 fully saturated rings. The zero-order valence-corrected chi connectivity index (χ0v) is 11.1. The van der Waals surface area contributed by atoms with Crippen LogP contribution >= 0.6 is 0 Å². The van der Waals surface area contributed by atoms with E-state index in [1.807, 2.05) is 18.2 Å². The lowest BCUT2D eigenvalue weighted by Gasteiger charge is -2.12. The van der Waals surface area contributed by atoms with Crippen LogP contribution < -0.4 is 31.0 Å². The molecule has 1 saturated heterocycles. The van der Waals surface area contributed by atoms with E-state index in [1.54, 1.807) is 0 Å². The number of benzene rings is 1. The second-order valence-electron chi connectivity index (χ2n) is 4.81. The van der Waals surface area contributed by atoms with Crippen molar-refractivity contribution in [3.05, 3.63) is 23.8 Å². The van der Waals surface area contributed by atoms with Crippen molar-refractivity contribution in [1.82, 2.24) is 21.5 Å². The van der Waals surface area contributed by atoms with Gasteiger partial charge in [-0.05, 0) is 24.1 Å². The first-order valence-electron chi connectivity index (χ1n) is 6.70. The summed E-state index contributed by atoms with van der Waals surface area (Å²) >= 11 is 0. The van der Waals surface area contributed by atoms with Crippen molar-refractivity contribution in [2.24, 2.45) is 0 Å². The van der Waals surface area contributed by atoms with Crippen LogP contribution in [0.3, 0.4) is 0 Å². The van der Waals surface area contributed by atoms with Gasteiger partial charge in [0.2, 0.25) is 6.79 Å². The van der Waals surface area contributed by atoms with Gasteiger partial charge >= 0.3 is 6.03 Å². The Morgan fingerprint density at radius 3 is 3.05 bits per heavy atom. The number of carbonyl (C=O) groups is 1. The Balaban J connectivity index is 1.43. The molecule has 20 heavy (non-hydrogen) atoms. The Kier molecular flexibility index (Phi) is 3.89. The van der Waals surface area contributed by atoms with Gasteiger partial charge in [0.05, 0.1) is 0 Å². The van der Waals surface area contributed by atoms with Gasteiger partial charge in [-0.2, -0.15) is 0 Å². The van der Waals surface area contributed by atoms with Crippen molar-refractivity contribution in [3.63, 3.8) is 0 Å². The summed E-state index contributed by atoms with van der Waals surface area (Å²) in [6.45, 7) is 2.26. The maximum atomic E-state index is 11.7. The topological polar surface area (TPSA) is 83.7 Å². The molecule has 1 aromatic carbocycles. The lowest BCUT2D eigenvalue weighted by molar-refractivity contribution is 0.174. The molecule has 1 atom stereocenters. The Morgan fingerprint density at radius 2 is 2.20 bits per heavy atom. The molecule has 2 aliphatic heterocycles. The average Bonchev–Trinajstić information content (AvgIpc) is 3.13. The van der Waals surface area contributed by atoms with Gasteiger partial charge in [-0.25, -0.2) is 4.79 Å². The van der Waals surface area contributed by atoms with Crippen LogP contribution in [0.1, 0.15) is 12.0 Å². The molecule has 108 valence electrons. The number of hydrogen-bond donors (Lipinski definition) is 4. The molecule has 1 unspecified atom stereocenters. The predicted octanol–water partition coefficient (Wildman–Crippen LogP) is 0.0810. The summed E-state index contributed by atoms with van der Waals surface area (Å²) in [7, 11) is 0. The number of fused-ring (bicyclic) bond motifs is 1. The highest BCUT2D eigenvalue weighted by Crippen LogP contribution is 2.32. The molecule has 0 aliphatic carbocycles. The number of nitrogens with one attached hydrogen (secondary N) is 4. The molecule has 3 rings (SSSR count). The van der Waals surface area contributed by atoms with E-state index in [1.165, 1.54) is 0 Å². The van der Waals surface area contributed by atoms with Crippen LogP contribution in [0.4, 0.5) is 4.79 Å². The van der Waals surface area contributed by atoms with Crippen LogP contribution in [0.25, 0.3) is 0 Å². The van der Waals surface area contributed by atoms with Crippen LogP contribution in [0.5, 0.6) is 11.5 Å². The summed E-state index contributed by atoms with van der Waals surface area (Å²) in [6, 6.07) is 5.77. The second-order valence-corrected chi connectivity index (χ2v) is 4.81. The normalized spacial score (nSPS) is 19.9. The van der Waals surface area contributed by atoms with Gasteiger partial charge in [-0.3, -0.25) is 10.9 Å². The van der Waals surface area contributed by atoms with Gasteiger partial charge < -0.3 is 20.1 Å². The number of hydrazine groups is 1. The Hall–Kier alpha value is -1.99. The molecule has 7 heteroatoms. The van der Waals surface area contributed by atoms with E-state index in [4.69, 9.17) is 9.47 Å². The molecule has 2 amide bonds. The maximum absolute atomic E-state index is 11.7. The summed E-state index contributed by atoms with van der Waals surface area (Å²) in [5.41, 5.74) is 7.10. The molecule has 0 aromatic heterocycles. The molecule has 2 heterocycles. The van der Waals surface area contributed by atoms with E-state index >= 15 is 0 Å². The van der Waals surface area contributed by atoms with Gasteiger partial charge in [0.15, 0.2) is 11.5 Å². The van der Waals surface area contributed by atoms with Gasteiger partial charge in [-0.15, -0.1) is 0 Å². The fraction of sp³-hybridized carbons (Fsp3) is 0.462. The molecule has 4 N–H and O–H groups in total. The summed E-state index contributed by atoms with van der Waals surface area (Å²) in [5.74, 6) is 1.48. The lowest BCUT2D eigenvalue weighted by Crippen LogP contribution is -2.43. The smallest absolute Gasteiger partial charge is 0.315 e. The van der Waals surface area contributed by atoms with Crippen LogP contribution in [-0.4, -0.2) is 32.0 Å². The van der Waals surface area contributed by atoms with Crippen molar-refractivity contribution in [2.45, 2.75) is 19.0 Å². The van der Waals surface area contributed by atoms with Crippen LogP contribution in [0.2, 0.25) is 0 Å². The fourth-order valence-electron chi connectivity index (χ4n) is 2.20. The molecule has 0 radical (unpaired) electrons. The highest BCUT2D eigenvalue weighted by atomic mass is 16.7. The summed E-state index contributed by atoms with van der Waals surface area (Å²) < 4.78 is 10.5. The Bertz CT molecular complexity index is 489. The standard InChI is InChI=1S/C13H18N4O3/c18-13(15-7-10-3-4-16-17-10)14-6-9-1-2-11-12(5-9)20-8-19-11/h1-2,5,10,16-17H,3-4,6-8H2,(H2,14,15,18). The number of ether oxygens (including phenoxy) is 2. The van der Waals surface area contributed by atoms with Crippen LogP contribution in [-0.2, 0) is 6.54 Å². The monoisotopic (exact) mass is 278 g/mol. The van der Waals surface area contributed by atoms with Crippen molar-refractivity contribution >= 4 is 6.03 Å². The van der Waals surface area contributed by atoms with Crippen molar-refractivity contribution < 1.29 is 14.3 Å². The Labute approximate surface area is 117 Å². The third-order valence-corrected chi connectivity index (χ3v) is 3.32. The third-order valence-electron chi connectivity index (χ3n) is 3.32. The predicted molar refractivity (Wildman–Crippen MR) is 72.3 cm³/mol. The quantitative estimate of drug-likeness (QED) is 0.627. The number of rotatable bonds is 4. The van der Waals surface area contributed by atoms with E-state index in [-0.39, 0.29) is 12.8 Å². The average molecular weight is 278 g/mol. The third kappa shape index (κ3) is 3.12. The minimum atomic E-state index is -0.170. The minimum absolute atomic E-state index is 0.170. The summed E-state index contributed by atoms with van der Waals surface area (Å²) in [6.07, 6.45) is 1.02. The fourth-order valence-corrected chi connectivity index (χ4v) is 2.20.